The van der Waals surface area contributed by atoms with E-state index in [1.54, 1.807) is 13.1 Å². The number of thiocarbonyl (C=S) groups is 1. The summed E-state index contributed by atoms with van der Waals surface area (Å²) in [5, 5.41) is 6.53. The van der Waals surface area contributed by atoms with Gasteiger partial charge in [-0.25, -0.2) is 9.38 Å². The Morgan fingerprint density at radius 3 is 2.57 bits per heavy atom. The first-order valence-electron chi connectivity index (χ1n) is 12.1. The second-order valence-corrected chi connectivity index (χ2v) is 9.41. The van der Waals surface area contributed by atoms with Crippen LogP contribution < -0.4 is 20.4 Å². The Balaban J connectivity index is 1.40. The van der Waals surface area contributed by atoms with Crippen LogP contribution in [-0.4, -0.2) is 56.2 Å². The number of carbonyl (C=O) groups is 1. The summed E-state index contributed by atoms with van der Waals surface area (Å²) in [7, 11) is 1.65. The van der Waals surface area contributed by atoms with Gasteiger partial charge in [0.1, 0.15) is 5.82 Å². The highest BCUT2D eigenvalue weighted by molar-refractivity contribution is 7.80. The van der Waals surface area contributed by atoms with E-state index < -0.39 is 12.0 Å². The van der Waals surface area contributed by atoms with Crippen LogP contribution in [0.1, 0.15) is 16.7 Å². The molecule has 9 heteroatoms. The first-order chi connectivity index (χ1) is 17.9. The summed E-state index contributed by atoms with van der Waals surface area (Å²) in [6.07, 6.45) is -0.997. The van der Waals surface area contributed by atoms with Crippen molar-refractivity contribution in [2.75, 3.05) is 48.5 Å². The number of morpholine rings is 1. The van der Waals surface area contributed by atoms with Crippen molar-refractivity contribution in [1.29, 1.82) is 0 Å². The molecule has 2 heterocycles. The van der Waals surface area contributed by atoms with E-state index in [1.165, 1.54) is 17.0 Å². The minimum atomic E-state index is -0.997. The average Bonchev–Trinajstić information content (AvgIpc) is 3.01. The molecule has 1 saturated heterocycles. The van der Waals surface area contributed by atoms with Gasteiger partial charge >= 0.3 is 0 Å². The maximum atomic E-state index is 14.3. The molecule has 1 unspecified atom stereocenters. The molecule has 1 atom stereocenters. The Hall–Kier alpha value is -3.82. The van der Waals surface area contributed by atoms with Crippen LogP contribution in [0, 0.1) is 12.7 Å². The topological polar surface area (TPSA) is 69.2 Å². The Morgan fingerprint density at radius 2 is 1.84 bits per heavy atom. The number of benzene rings is 3. The van der Waals surface area contributed by atoms with Crippen LogP contribution in [0.4, 0.5) is 21.5 Å². The number of hydrogen-bond donors (Lipinski definition) is 2. The molecule has 190 valence electrons. The van der Waals surface area contributed by atoms with Gasteiger partial charge in [-0.05, 0) is 61.1 Å². The second kappa shape index (κ2) is 10.7. The van der Waals surface area contributed by atoms with Crippen molar-refractivity contribution in [1.82, 2.24) is 5.32 Å². The van der Waals surface area contributed by atoms with Gasteiger partial charge in [0.25, 0.3) is 5.91 Å². The maximum absolute atomic E-state index is 14.3. The predicted octanol–water partition coefficient (Wildman–Crippen LogP) is 4.10. The molecule has 37 heavy (non-hydrogen) atoms. The fourth-order valence-electron chi connectivity index (χ4n) is 4.56. The molecule has 2 aliphatic heterocycles. The van der Waals surface area contributed by atoms with E-state index in [9.17, 15) is 9.18 Å². The Bertz CT molecular complexity index is 1360. The summed E-state index contributed by atoms with van der Waals surface area (Å²) in [6.45, 7) is 5.17. The lowest BCUT2D eigenvalue weighted by molar-refractivity contribution is -0.119. The number of likely N-dealkylation sites (N-methyl/N-ethyl adjacent to an activating group) is 1. The minimum absolute atomic E-state index is 0.266. The van der Waals surface area contributed by atoms with Crippen LogP contribution in [-0.2, 0) is 9.53 Å². The molecule has 1 fully saturated rings. The summed E-state index contributed by atoms with van der Waals surface area (Å²) >= 11 is 5.58. The fraction of sp³-hybridized carbons (Fsp3) is 0.250. The monoisotopic (exact) mass is 517 g/mol. The number of anilines is 3. The number of fused-ring (bicyclic) bond motifs is 1. The zero-order valence-corrected chi connectivity index (χ0v) is 21.5. The quantitative estimate of drug-likeness (QED) is 0.508. The third-order valence-electron chi connectivity index (χ3n) is 6.55. The maximum Gasteiger partial charge on any atom is 0.272 e. The van der Waals surface area contributed by atoms with Gasteiger partial charge in [-0.2, -0.15) is 0 Å². The van der Waals surface area contributed by atoms with E-state index in [-0.39, 0.29) is 11.0 Å². The number of nitrogens with one attached hydrogen (secondary N) is 2. The summed E-state index contributed by atoms with van der Waals surface area (Å²) in [5.74, 6) is -0.704. The van der Waals surface area contributed by atoms with Gasteiger partial charge in [0, 0.05) is 42.6 Å². The fourth-order valence-corrected chi connectivity index (χ4v) is 4.78. The molecule has 2 N–H and O–H groups in total. The number of benzodiazepines with no additional fused rings is 1. The van der Waals surface area contributed by atoms with Crippen LogP contribution in [0.2, 0.25) is 0 Å². The predicted molar refractivity (Wildman–Crippen MR) is 149 cm³/mol. The molecule has 0 radical (unpaired) electrons. The molecule has 2 aliphatic rings. The van der Waals surface area contributed by atoms with Crippen molar-refractivity contribution in [3.8, 4) is 0 Å². The van der Waals surface area contributed by atoms with Gasteiger partial charge in [0.05, 0.1) is 24.6 Å². The molecule has 5 rings (SSSR count). The van der Waals surface area contributed by atoms with E-state index >= 15 is 0 Å². The number of nitrogens with zero attached hydrogens (tertiary/aromatic N) is 3. The largest absolute Gasteiger partial charge is 0.378 e. The van der Waals surface area contributed by atoms with E-state index in [1.807, 2.05) is 49.4 Å². The molecule has 1 amide bonds. The lowest BCUT2D eigenvalue weighted by atomic mass is 10.00. The summed E-state index contributed by atoms with van der Waals surface area (Å²) < 4.78 is 19.7. The van der Waals surface area contributed by atoms with Gasteiger partial charge in [-0.15, -0.1) is 0 Å². The van der Waals surface area contributed by atoms with Crippen LogP contribution in [0.25, 0.3) is 0 Å². The normalized spacial score (nSPS) is 17.5. The Labute approximate surface area is 220 Å². The third-order valence-corrected chi connectivity index (χ3v) is 6.77. The third kappa shape index (κ3) is 5.33. The van der Waals surface area contributed by atoms with E-state index in [0.29, 0.717) is 17.0 Å². The summed E-state index contributed by atoms with van der Waals surface area (Å²) in [5.41, 5.74) is 5.39. The van der Waals surface area contributed by atoms with Crippen LogP contribution in [0.15, 0.2) is 71.7 Å². The number of hydrogen-bond acceptors (Lipinski definition) is 5. The Kier molecular flexibility index (Phi) is 7.16. The number of ether oxygens (including phenoxy) is 1. The zero-order valence-electron chi connectivity index (χ0n) is 20.7. The molecular weight excluding hydrogens is 489 g/mol. The SMILES string of the molecule is Cc1cc(N2CCOCC2)ccc1NC(=S)NC1N=C(c2ccccc2)c2cc(F)ccc2N(C)C1=O. The van der Waals surface area contributed by atoms with Crippen molar-refractivity contribution < 1.29 is 13.9 Å². The zero-order chi connectivity index (χ0) is 25.9. The van der Waals surface area contributed by atoms with Crippen LogP contribution >= 0.6 is 12.2 Å². The van der Waals surface area contributed by atoms with Crippen LogP contribution in [0.5, 0.6) is 0 Å². The van der Waals surface area contributed by atoms with Gasteiger partial charge < -0.3 is 25.2 Å². The van der Waals surface area contributed by atoms with Crippen molar-refractivity contribution in [2.45, 2.75) is 13.1 Å². The molecule has 3 aromatic carbocycles. The van der Waals surface area contributed by atoms with Gasteiger partial charge in [-0.3, -0.25) is 4.79 Å². The number of rotatable bonds is 4. The molecule has 0 aliphatic carbocycles. The molecule has 7 nitrogen and oxygen atoms in total. The highest BCUT2D eigenvalue weighted by Gasteiger charge is 2.31. The minimum Gasteiger partial charge on any atom is -0.378 e. The number of aryl methyl sites for hydroxylation is 1. The van der Waals surface area contributed by atoms with Gasteiger partial charge in [-0.1, -0.05) is 30.3 Å². The van der Waals surface area contributed by atoms with E-state index in [4.69, 9.17) is 21.9 Å². The molecule has 0 saturated carbocycles. The van der Waals surface area contributed by atoms with Crippen molar-refractivity contribution in [3.05, 3.63) is 89.2 Å². The van der Waals surface area contributed by atoms with Crippen molar-refractivity contribution in [2.24, 2.45) is 4.99 Å². The summed E-state index contributed by atoms with van der Waals surface area (Å²) in [6, 6.07) is 19.9. The highest BCUT2D eigenvalue weighted by atomic mass is 32.1. The number of aliphatic imine (C=N–C) groups is 1. The molecule has 0 aromatic heterocycles. The van der Waals surface area contributed by atoms with E-state index in [0.717, 1.165) is 48.8 Å². The lowest BCUT2D eigenvalue weighted by Crippen LogP contribution is -2.47. The first-order valence-corrected chi connectivity index (χ1v) is 12.5. The van der Waals surface area contributed by atoms with Crippen molar-refractivity contribution in [3.63, 3.8) is 0 Å². The average molecular weight is 518 g/mol. The highest BCUT2D eigenvalue weighted by Crippen LogP contribution is 2.28. The molecular formula is C28H28FN5O2S. The number of halogens is 1. The standard InChI is InChI=1S/C28H28FN5O2S/c1-18-16-21(34-12-14-36-15-13-34)9-10-23(18)30-28(37)32-26-27(35)33(2)24-11-8-20(29)17-22(24)25(31-26)19-6-4-3-5-7-19/h3-11,16-17,26H,12-15H2,1-2H3,(H2,30,32,37). The smallest absolute Gasteiger partial charge is 0.272 e. The van der Waals surface area contributed by atoms with E-state index in [2.05, 4.69) is 21.6 Å². The summed E-state index contributed by atoms with van der Waals surface area (Å²) in [4.78, 5) is 21.9. The van der Waals surface area contributed by atoms with Gasteiger partial charge in [0.2, 0.25) is 6.17 Å². The van der Waals surface area contributed by atoms with Crippen LogP contribution in [0.3, 0.4) is 0 Å². The lowest BCUT2D eigenvalue weighted by Gasteiger charge is -2.29. The second-order valence-electron chi connectivity index (χ2n) is 9.00. The number of amides is 1. The molecule has 0 bridgehead atoms. The first kappa shape index (κ1) is 24.9. The molecule has 3 aromatic rings. The Morgan fingerprint density at radius 1 is 1.08 bits per heavy atom. The van der Waals surface area contributed by atoms with Crippen molar-refractivity contribution >= 4 is 46.0 Å². The van der Waals surface area contributed by atoms with Gasteiger partial charge in [0.15, 0.2) is 5.11 Å². The molecule has 0 spiro atoms. The number of carbonyl (C=O) groups excluding carboxylic acids is 1.